The summed E-state index contributed by atoms with van der Waals surface area (Å²) < 4.78 is 27.0. The van der Waals surface area contributed by atoms with Crippen LogP contribution >= 0.6 is 11.6 Å². The summed E-state index contributed by atoms with van der Waals surface area (Å²) in [5, 5.41) is 0.210. The number of amides is 1. The molecule has 0 radical (unpaired) electrons. The fourth-order valence-electron chi connectivity index (χ4n) is 3.15. The van der Waals surface area contributed by atoms with Crippen molar-refractivity contribution in [2.75, 3.05) is 26.2 Å². The van der Waals surface area contributed by atoms with Crippen LogP contribution in [-0.4, -0.2) is 49.7 Å². The van der Waals surface area contributed by atoms with Gasteiger partial charge in [-0.05, 0) is 37.6 Å². The Bertz CT molecular complexity index is 936. The molecular formula is C19H21ClN2O3S. The van der Waals surface area contributed by atoms with Crippen molar-refractivity contribution in [3.05, 3.63) is 64.2 Å². The maximum atomic E-state index is 12.8. The fraction of sp³-hybridized carbons (Fsp3) is 0.316. The van der Waals surface area contributed by atoms with E-state index >= 15 is 0 Å². The molecule has 2 aromatic rings. The van der Waals surface area contributed by atoms with Gasteiger partial charge in [0.1, 0.15) is 4.90 Å². The normalized spacial score (nSPS) is 15.9. The number of sulfonamides is 1. The summed E-state index contributed by atoms with van der Waals surface area (Å²) in [6, 6.07) is 12.1. The molecule has 0 unspecified atom stereocenters. The van der Waals surface area contributed by atoms with Gasteiger partial charge in [0.05, 0.1) is 5.02 Å². The van der Waals surface area contributed by atoms with Crippen molar-refractivity contribution < 1.29 is 13.2 Å². The molecule has 0 bridgehead atoms. The van der Waals surface area contributed by atoms with Gasteiger partial charge in [0, 0.05) is 31.7 Å². The average Bonchev–Trinajstić information content (AvgIpc) is 2.61. The summed E-state index contributed by atoms with van der Waals surface area (Å²) in [4.78, 5) is 14.6. The molecule has 5 nitrogen and oxygen atoms in total. The predicted octanol–water partition coefficient (Wildman–Crippen LogP) is 3.10. The van der Waals surface area contributed by atoms with Crippen molar-refractivity contribution in [3.8, 4) is 0 Å². The number of piperazine rings is 1. The summed E-state index contributed by atoms with van der Waals surface area (Å²) in [5.74, 6) is -0.0581. The number of hydrogen-bond acceptors (Lipinski definition) is 3. The molecule has 1 fully saturated rings. The number of halogens is 1. The molecule has 0 aromatic heterocycles. The highest BCUT2D eigenvalue weighted by atomic mass is 35.5. The summed E-state index contributed by atoms with van der Waals surface area (Å²) in [6.07, 6.45) is 0. The van der Waals surface area contributed by atoms with Gasteiger partial charge in [-0.3, -0.25) is 4.79 Å². The summed E-state index contributed by atoms with van der Waals surface area (Å²) in [5.41, 5.74) is 2.70. The first kappa shape index (κ1) is 18.9. The van der Waals surface area contributed by atoms with E-state index in [4.69, 9.17) is 11.6 Å². The first-order valence-electron chi connectivity index (χ1n) is 8.42. The maximum Gasteiger partial charge on any atom is 0.254 e. The van der Waals surface area contributed by atoms with E-state index < -0.39 is 10.0 Å². The van der Waals surface area contributed by atoms with E-state index in [9.17, 15) is 13.2 Å². The van der Waals surface area contributed by atoms with E-state index in [1.165, 1.54) is 10.4 Å². The van der Waals surface area contributed by atoms with Gasteiger partial charge in [0.2, 0.25) is 10.0 Å². The smallest absolute Gasteiger partial charge is 0.254 e. The van der Waals surface area contributed by atoms with Crippen LogP contribution in [0.1, 0.15) is 21.5 Å². The topological polar surface area (TPSA) is 57.7 Å². The van der Waals surface area contributed by atoms with Crippen molar-refractivity contribution in [3.63, 3.8) is 0 Å². The van der Waals surface area contributed by atoms with Crippen LogP contribution < -0.4 is 0 Å². The Labute approximate surface area is 159 Å². The lowest BCUT2D eigenvalue weighted by Gasteiger charge is -2.34. The number of benzene rings is 2. The minimum Gasteiger partial charge on any atom is -0.336 e. The lowest BCUT2D eigenvalue weighted by Crippen LogP contribution is -2.50. The molecule has 1 aliphatic heterocycles. The highest BCUT2D eigenvalue weighted by Gasteiger charge is 2.31. The minimum absolute atomic E-state index is 0.0581. The van der Waals surface area contributed by atoms with Gasteiger partial charge in [-0.25, -0.2) is 8.42 Å². The lowest BCUT2D eigenvalue weighted by molar-refractivity contribution is 0.0697. The molecule has 0 saturated carbocycles. The lowest BCUT2D eigenvalue weighted by atomic mass is 10.0. The minimum atomic E-state index is -3.66. The first-order valence-corrected chi connectivity index (χ1v) is 10.2. The number of hydrogen-bond donors (Lipinski definition) is 0. The van der Waals surface area contributed by atoms with Crippen LogP contribution in [0, 0.1) is 13.8 Å². The Morgan fingerprint density at radius 3 is 2.27 bits per heavy atom. The number of rotatable bonds is 3. The van der Waals surface area contributed by atoms with Gasteiger partial charge in [-0.1, -0.05) is 41.4 Å². The van der Waals surface area contributed by atoms with Gasteiger partial charge in [-0.2, -0.15) is 4.31 Å². The highest BCUT2D eigenvalue weighted by Crippen LogP contribution is 2.25. The van der Waals surface area contributed by atoms with Gasteiger partial charge < -0.3 is 4.90 Å². The third kappa shape index (κ3) is 3.63. The third-order valence-corrected chi connectivity index (χ3v) is 6.99. The molecule has 7 heteroatoms. The highest BCUT2D eigenvalue weighted by molar-refractivity contribution is 7.89. The molecule has 0 spiro atoms. The fourth-order valence-corrected chi connectivity index (χ4v) is 5.06. The zero-order valence-corrected chi connectivity index (χ0v) is 16.3. The van der Waals surface area contributed by atoms with Crippen molar-refractivity contribution in [1.82, 2.24) is 9.21 Å². The van der Waals surface area contributed by atoms with E-state index in [0.717, 1.165) is 11.1 Å². The molecule has 1 saturated heterocycles. The van der Waals surface area contributed by atoms with Gasteiger partial charge in [-0.15, -0.1) is 0 Å². The molecule has 1 aliphatic rings. The van der Waals surface area contributed by atoms with Crippen LogP contribution in [0.2, 0.25) is 5.02 Å². The Morgan fingerprint density at radius 2 is 1.65 bits per heavy atom. The number of aryl methyl sites for hydroxylation is 2. The molecule has 1 amide bonds. The standard InChI is InChI=1S/C19H21ClN2O3S/c1-14-7-8-16(15(2)13-14)19(23)21-9-11-22(12-10-21)26(24,25)18-6-4-3-5-17(18)20/h3-8,13H,9-12H2,1-2H3. The van der Waals surface area contributed by atoms with E-state index in [2.05, 4.69) is 0 Å². The van der Waals surface area contributed by atoms with Gasteiger partial charge in [0.15, 0.2) is 0 Å². The van der Waals surface area contributed by atoms with Gasteiger partial charge in [0.25, 0.3) is 5.91 Å². The van der Waals surface area contributed by atoms with Crippen molar-refractivity contribution in [2.24, 2.45) is 0 Å². The summed E-state index contributed by atoms with van der Waals surface area (Å²) in [7, 11) is -3.66. The number of nitrogens with zero attached hydrogens (tertiary/aromatic N) is 2. The molecule has 2 aromatic carbocycles. The Hall–Kier alpha value is -1.89. The van der Waals surface area contributed by atoms with Crippen LogP contribution in [0.3, 0.4) is 0 Å². The molecular weight excluding hydrogens is 372 g/mol. The first-order chi connectivity index (χ1) is 12.3. The predicted molar refractivity (Wildman–Crippen MR) is 102 cm³/mol. The molecule has 0 atom stereocenters. The van der Waals surface area contributed by atoms with E-state index in [0.29, 0.717) is 18.7 Å². The molecule has 0 N–H and O–H groups in total. The number of carbonyl (C=O) groups excluding carboxylic acids is 1. The molecule has 1 heterocycles. The van der Waals surface area contributed by atoms with Crippen LogP contribution in [0.5, 0.6) is 0 Å². The van der Waals surface area contributed by atoms with Crippen molar-refractivity contribution >= 4 is 27.5 Å². The quantitative estimate of drug-likeness (QED) is 0.806. The van der Waals surface area contributed by atoms with Crippen LogP contribution in [0.15, 0.2) is 47.4 Å². The second kappa shape index (κ2) is 7.39. The largest absolute Gasteiger partial charge is 0.336 e. The van der Waals surface area contributed by atoms with E-state index in [1.807, 2.05) is 32.0 Å². The summed E-state index contributed by atoms with van der Waals surface area (Å²) in [6.45, 7) is 5.12. The second-order valence-corrected chi connectivity index (χ2v) is 8.76. The second-order valence-electron chi connectivity index (χ2n) is 6.45. The van der Waals surface area contributed by atoms with Gasteiger partial charge >= 0.3 is 0 Å². The Kier molecular flexibility index (Phi) is 5.37. The zero-order valence-electron chi connectivity index (χ0n) is 14.8. The van der Waals surface area contributed by atoms with Crippen LogP contribution in [0.25, 0.3) is 0 Å². The van der Waals surface area contributed by atoms with E-state index in [-0.39, 0.29) is 28.9 Å². The molecule has 26 heavy (non-hydrogen) atoms. The SMILES string of the molecule is Cc1ccc(C(=O)N2CCN(S(=O)(=O)c3ccccc3Cl)CC2)c(C)c1. The summed E-state index contributed by atoms with van der Waals surface area (Å²) >= 11 is 6.05. The third-order valence-electron chi connectivity index (χ3n) is 4.59. The Balaban J connectivity index is 1.73. The van der Waals surface area contributed by atoms with Crippen molar-refractivity contribution in [2.45, 2.75) is 18.7 Å². The maximum absolute atomic E-state index is 12.8. The average molecular weight is 393 g/mol. The Morgan fingerprint density at radius 1 is 1.00 bits per heavy atom. The van der Waals surface area contributed by atoms with E-state index in [1.54, 1.807) is 23.1 Å². The van der Waals surface area contributed by atoms with Crippen molar-refractivity contribution in [1.29, 1.82) is 0 Å². The molecule has 0 aliphatic carbocycles. The zero-order chi connectivity index (χ0) is 18.9. The van der Waals surface area contributed by atoms with Crippen LogP contribution in [0.4, 0.5) is 0 Å². The molecule has 3 rings (SSSR count). The van der Waals surface area contributed by atoms with Crippen LogP contribution in [-0.2, 0) is 10.0 Å². The number of carbonyl (C=O) groups is 1. The monoisotopic (exact) mass is 392 g/mol. The molecule has 138 valence electrons.